The van der Waals surface area contributed by atoms with Gasteiger partial charge in [-0.3, -0.25) is 18.9 Å². The quantitative estimate of drug-likeness (QED) is 0.615. The highest BCUT2D eigenvalue weighted by molar-refractivity contribution is 7.58. The fraction of sp³-hybridized carbons (Fsp3) is 0.625. The van der Waals surface area contributed by atoms with Gasteiger partial charge in [-0.25, -0.2) is 9.36 Å². The van der Waals surface area contributed by atoms with Gasteiger partial charge < -0.3 is 9.63 Å². The second kappa shape index (κ2) is 6.93. The standard InChI is InChI=1S/C16H23N2O6P/c1-6-25(21,22)23-9-12-11(16(3,4)5)7-13(24-12)18-8-10(2)14(19)17-15(18)20/h1,8,11-13H,7,9H2,2-5H3,(H,21,22)(H,17,19,20)/t11-,12?,13-/m1/s1. The smallest absolute Gasteiger partial charge is 0.352 e. The number of hydrogen-bond acceptors (Lipinski definition) is 5. The number of aryl methyl sites for hydroxylation is 1. The summed E-state index contributed by atoms with van der Waals surface area (Å²) >= 11 is 0. The highest BCUT2D eigenvalue weighted by Gasteiger charge is 2.43. The van der Waals surface area contributed by atoms with Gasteiger partial charge in [0, 0.05) is 17.4 Å². The molecule has 0 radical (unpaired) electrons. The number of H-pyrrole nitrogens is 1. The van der Waals surface area contributed by atoms with Crippen LogP contribution >= 0.6 is 7.60 Å². The first-order valence-electron chi connectivity index (χ1n) is 7.87. The highest BCUT2D eigenvalue weighted by atomic mass is 31.2. The topological polar surface area (TPSA) is 111 Å². The van der Waals surface area contributed by atoms with E-state index in [1.165, 1.54) is 10.8 Å². The number of hydrogen-bond donors (Lipinski definition) is 2. The van der Waals surface area contributed by atoms with Gasteiger partial charge >= 0.3 is 13.3 Å². The van der Waals surface area contributed by atoms with Crippen molar-refractivity contribution < 1.29 is 18.7 Å². The normalized spacial score (nSPS) is 26.2. The Balaban J connectivity index is 2.29. The Kier molecular flexibility index (Phi) is 5.45. The minimum atomic E-state index is -4.09. The van der Waals surface area contributed by atoms with E-state index in [0.717, 1.165) is 0 Å². The predicted molar refractivity (Wildman–Crippen MR) is 92.1 cm³/mol. The van der Waals surface area contributed by atoms with Crippen LogP contribution in [0, 0.1) is 30.3 Å². The molecule has 1 aromatic heterocycles. The third-order valence-corrected chi connectivity index (χ3v) is 5.21. The van der Waals surface area contributed by atoms with E-state index in [4.69, 9.17) is 15.7 Å². The molecule has 2 heterocycles. The molecule has 0 aromatic carbocycles. The van der Waals surface area contributed by atoms with Crippen LogP contribution in [0.1, 0.15) is 39.0 Å². The Hall–Kier alpha value is -1.65. The number of rotatable bonds is 4. The first kappa shape index (κ1) is 19.7. The van der Waals surface area contributed by atoms with Crippen molar-refractivity contribution in [2.45, 2.75) is 46.4 Å². The van der Waals surface area contributed by atoms with Crippen LogP contribution in [0.25, 0.3) is 0 Å². The Morgan fingerprint density at radius 3 is 2.72 bits per heavy atom. The molecular formula is C16H23N2O6P. The summed E-state index contributed by atoms with van der Waals surface area (Å²) in [7, 11) is -4.09. The maximum atomic E-state index is 12.1. The van der Waals surface area contributed by atoms with Gasteiger partial charge in [-0.15, -0.1) is 6.42 Å². The SMILES string of the molecule is C#CP(=O)(O)OCC1O[C@@H](n2cc(C)c(=O)[nH]c2=O)C[C@H]1C(C)(C)C. The van der Waals surface area contributed by atoms with E-state index >= 15 is 0 Å². The van der Waals surface area contributed by atoms with Crippen LogP contribution in [0.5, 0.6) is 0 Å². The van der Waals surface area contributed by atoms with Crippen molar-refractivity contribution in [1.82, 2.24) is 9.55 Å². The van der Waals surface area contributed by atoms with E-state index in [-0.39, 0.29) is 17.9 Å². The second-order valence-corrected chi connectivity index (χ2v) is 8.82. The average molecular weight is 370 g/mol. The maximum Gasteiger partial charge on any atom is 0.402 e. The van der Waals surface area contributed by atoms with Crippen LogP contribution in [-0.4, -0.2) is 27.2 Å². The Morgan fingerprint density at radius 2 is 2.16 bits per heavy atom. The summed E-state index contributed by atoms with van der Waals surface area (Å²) in [5.41, 5.74) is 0.912. The first-order valence-corrected chi connectivity index (χ1v) is 9.45. The van der Waals surface area contributed by atoms with Crippen LogP contribution < -0.4 is 11.2 Å². The number of ether oxygens (including phenoxy) is 1. The lowest BCUT2D eigenvalue weighted by Gasteiger charge is -2.30. The molecule has 2 unspecified atom stereocenters. The van der Waals surface area contributed by atoms with Gasteiger partial charge in [0.1, 0.15) is 6.23 Å². The molecular weight excluding hydrogens is 347 g/mol. The third kappa shape index (κ3) is 4.50. The van der Waals surface area contributed by atoms with Gasteiger partial charge in [-0.05, 0) is 24.7 Å². The molecule has 1 aromatic rings. The lowest BCUT2D eigenvalue weighted by molar-refractivity contribution is -0.0381. The van der Waals surface area contributed by atoms with Crippen LogP contribution in [-0.2, 0) is 13.8 Å². The number of aromatic nitrogens is 2. The Bertz CT molecular complexity index is 844. The van der Waals surface area contributed by atoms with Crippen molar-refractivity contribution >= 4 is 7.60 Å². The van der Waals surface area contributed by atoms with Crippen LogP contribution in [0.2, 0.25) is 0 Å². The summed E-state index contributed by atoms with van der Waals surface area (Å²) in [5, 5.41) is 0. The van der Waals surface area contributed by atoms with Crippen LogP contribution in [0.3, 0.4) is 0 Å². The summed E-state index contributed by atoms with van der Waals surface area (Å²) in [5.74, 6) is -0.0468. The number of nitrogens with zero attached hydrogens (tertiary/aromatic N) is 1. The summed E-state index contributed by atoms with van der Waals surface area (Å²) in [4.78, 5) is 35.3. The minimum Gasteiger partial charge on any atom is -0.352 e. The molecule has 138 valence electrons. The van der Waals surface area contributed by atoms with Crippen LogP contribution in [0.15, 0.2) is 15.8 Å². The van der Waals surface area contributed by atoms with Gasteiger partial charge in [-0.2, -0.15) is 0 Å². The molecule has 0 bridgehead atoms. The minimum absolute atomic E-state index is 0.0468. The molecule has 1 saturated heterocycles. The van der Waals surface area contributed by atoms with Gasteiger partial charge in [0.15, 0.2) is 0 Å². The van der Waals surface area contributed by atoms with Crippen molar-refractivity contribution in [3.8, 4) is 12.1 Å². The average Bonchev–Trinajstić information content (AvgIpc) is 2.93. The van der Waals surface area contributed by atoms with Crippen molar-refractivity contribution in [2.75, 3.05) is 6.61 Å². The lowest BCUT2D eigenvalue weighted by Crippen LogP contribution is -2.33. The van der Waals surface area contributed by atoms with Gasteiger partial charge in [0.05, 0.1) is 12.7 Å². The Morgan fingerprint density at radius 1 is 1.52 bits per heavy atom. The molecule has 25 heavy (non-hydrogen) atoms. The monoisotopic (exact) mass is 370 g/mol. The first-order chi connectivity index (χ1) is 11.4. The molecule has 1 fully saturated rings. The van der Waals surface area contributed by atoms with E-state index in [1.54, 1.807) is 12.6 Å². The third-order valence-electron chi connectivity index (χ3n) is 4.38. The van der Waals surface area contributed by atoms with Gasteiger partial charge in [0.2, 0.25) is 0 Å². The summed E-state index contributed by atoms with van der Waals surface area (Å²) in [6.45, 7) is 7.47. The zero-order valence-electron chi connectivity index (χ0n) is 14.7. The summed E-state index contributed by atoms with van der Waals surface area (Å²) in [6.07, 6.45) is 5.80. The van der Waals surface area contributed by atoms with E-state index in [1.807, 2.05) is 20.8 Å². The van der Waals surface area contributed by atoms with Crippen molar-refractivity contribution in [3.05, 3.63) is 32.6 Å². The zero-order valence-corrected chi connectivity index (χ0v) is 15.6. The Labute approximate surface area is 145 Å². The molecule has 0 aliphatic carbocycles. The molecule has 9 heteroatoms. The molecule has 0 saturated carbocycles. The molecule has 2 rings (SSSR count). The largest absolute Gasteiger partial charge is 0.402 e. The molecule has 8 nitrogen and oxygen atoms in total. The predicted octanol–water partition coefficient (Wildman–Crippen LogP) is 1.59. The molecule has 1 aliphatic rings. The molecule has 0 amide bonds. The lowest BCUT2D eigenvalue weighted by atomic mass is 9.76. The van der Waals surface area contributed by atoms with Crippen molar-refractivity contribution in [1.29, 1.82) is 0 Å². The highest BCUT2D eigenvalue weighted by Crippen LogP contribution is 2.46. The number of aromatic amines is 1. The summed E-state index contributed by atoms with van der Waals surface area (Å²) < 4.78 is 23.7. The van der Waals surface area contributed by atoms with Gasteiger partial charge in [-0.1, -0.05) is 20.8 Å². The van der Waals surface area contributed by atoms with Gasteiger partial charge in [0.25, 0.3) is 5.56 Å². The van der Waals surface area contributed by atoms with Crippen molar-refractivity contribution in [3.63, 3.8) is 0 Å². The van der Waals surface area contributed by atoms with E-state index in [2.05, 4.69) is 4.98 Å². The second-order valence-electron chi connectivity index (χ2n) is 7.26. The number of nitrogens with one attached hydrogen (secondary N) is 1. The van der Waals surface area contributed by atoms with E-state index in [9.17, 15) is 19.0 Å². The molecule has 0 spiro atoms. The molecule has 1 aliphatic heterocycles. The maximum absolute atomic E-state index is 12.1. The van der Waals surface area contributed by atoms with Crippen molar-refractivity contribution in [2.24, 2.45) is 11.3 Å². The fourth-order valence-electron chi connectivity index (χ4n) is 2.98. The zero-order chi connectivity index (χ0) is 19.0. The van der Waals surface area contributed by atoms with E-state index in [0.29, 0.717) is 12.0 Å². The number of terminal acetylenes is 1. The molecule has 2 N–H and O–H groups in total. The fourth-order valence-corrected chi connectivity index (χ4v) is 3.40. The molecule has 4 atom stereocenters. The van der Waals surface area contributed by atoms with E-state index < -0.39 is 31.2 Å². The summed E-state index contributed by atoms with van der Waals surface area (Å²) in [6, 6.07) is 0. The van der Waals surface area contributed by atoms with Crippen LogP contribution in [0.4, 0.5) is 0 Å².